The third-order valence-electron chi connectivity index (χ3n) is 9.79. The number of fused-ring (bicyclic) bond motifs is 2. The number of carbonyl (C=O) groups is 1. The summed E-state index contributed by atoms with van der Waals surface area (Å²) in [6.45, 7) is 14.4. The van der Waals surface area contributed by atoms with Gasteiger partial charge in [0.25, 0.3) is 0 Å². The van der Waals surface area contributed by atoms with Crippen LogP contribution in [0.15, 0.2) is 22.8 Å². The van der Waals surface area contributed by atoms with Gasteiger partial charge in [0, 0.05) is 29.9 Å². The van der Waals surface area contributed by atoms with E-state index in [1.54, 1.807) is 0 Å². The van der Waals surface area contributed by atoms with Crippen molar-refractivity contribution in [3.8, 4) is 0 Å². The molecule has 1 saturated carbocycles. The highest BCUT2D eigenvalue weighted by atomic mass is 16.7. The van der Waals surface area contributed by atoms with E-state index in [4.69, 9.17) is 14.0 Å². The fourth-order valence-electron chi connectivity index (χ4n) is 6.93. The Kier molecular flexibility index (Phi) is 4.86. The normalized spacial score (nSPS) is 39.1. The summed E-state index contributed by atoms with van der Waals surface area (Å²) in [4.78, 5) is 18.5. The molecule has 0 radical (unpaired) electrons. The number of morpholine rings is 1. The van der Waals surface area contributed by atoms with Crippen LogP contribution in [-0.2, 0) is 18.8 Å². The van der Waals surface area contributed by atoms with Crippen molar-refractivity contribution in [1.29, 1.82) is 0 Å². The molecule has 0 aromatic heterocycles. The number of carbonyl (C=O) groups excluding carboxylic acids is 1. The predicted molar refractivity (Wildman–Crippen MR) is 127 cm³/mol. The molecule has 6 aliphatic rings. The zero-order valence-electron chi connectivity index (χ0n) is 21.1. The van der Waals surface area contributed by atoms with E-state index in [1.165, 1.54) is 23.9 Å². The average molecular weight is 454 g/mol. The highest BCUT2D eigenvalue weighted by Crippen LogP contribution is 2.51. The number of ether oxygens (including phenoxy) is 1. The summed E-state index contributed by atoms with van der Waals surface area (Å²) in [5.41, 5.74) is 2.48. The van der Waals surface area contributed by atoms with Gasteiger partial charge in [-0.25, -0.2) is 0 Å². The maximum Gasteiger partial charge on any atom is 0.490 e. The minimum absolute atomic E-state index is 0.271. The molecule has 2 aliphatic carbocycles. The lowest BCUT2D eigenvalue weighted by atomic mass is 9.70. The second-order valence-corrected chi connectivity index (χ2v) is 12.6. The van der Waals surface area contributed by atoms with E-state index >= 15 is 0 Å². The second kappa shape index (κ2) is 7.19. The molecule has 33 heavy (non-hydrogen) atoms. The molecule has 6 rings (SSSR count). The lowest BCUT2D eigenvalue weighted by molar-refractivity contribution is -0.140. The quantitative estimate of drug-likeness (QED) is 0.607. The third kappa shape index (κ3) is 3.18. The van der Waals surface area contributed by atoms with Gasteiger partial charge < -0.3 is 18.9 Å². The molecule has 1 amide bonds. The SMILES string of the molecule is CC1(C)C(=O)N(C2CC(N3[C@H]4CC[C@H]3COC4)C2)C2=C1CCC(B1OC(C)(C)C(C)(C)O1)=C2. The minimum atomic E-state index is -0.420. The fraction of sp³-hybridized carbons (Fsp3) is 0.808. The van der Waals surface area contributed by atoms with Gasteiger partial charge in [0.15, 0.2) is 0 Å². The molecule has 0 aromatic rings. The van der Waals surface area contributed by atoms with Gasteiger partial charge in [-0.1, -0.05) is 0 Å². The molecule has 7 heteroatoms. The van der Waals surface area contributed by atoms with Crippen molar-refractivity contribution < 1.29 is 18.8 Å². The highest BCUT2D eigenvalue weighted by molar-refractivity contribution is 6.54. The molecule has 0 aromatic carbocycles. The Morgan fingerprint density at radius 1 is 0.879 bits per heavy atom. The molecular weight excluding hydrogens is 415 g/mol. The number of hydrogen-bond acceptors (Lipinski definition) is 5. The standard InChI is InChI=1S/C26H39BN2O4/c1-24(2)21-10-7-16(27-32-25(3,4)26(5,6)33-27)11-22(21)29(23(24)30)20-12-19(13-20)28-17-8-9-18(28)15-31-14-17/h11,17-20H,7-10,12-15H2,1-6H3/t17-,18-,19?,20?/m0/s1. The monoisotopic (exact) mass is 454 g/mol. The van der Waals surface area contributed by atoms with Gasteiger partial charge in [0.1, 0.15) is 0 Å². The molecule has 2 bridgehead atoms. The van der Waals surface area contributed by atoms with Crippen LogP contribution in [0.4, 0.5) is 0 Å². The van der Waals surface area contributed by atoms with Crippen molar-refractivity contribution >= 4 is 13.0 Å². The molecule has 0 N–H and O–H groups in total. The van der Waals surface area contributed by atoms with Gasteiger partial charge in [-0.15, -0.1) is 0 Å². The molecule has 4 aliphatic heterocycles. The molecule has 4 fully saturated rings. The van der Waals surface area contributed by atoms with Crippen LogP contribution in [0.1, 0.15) is 80.1 Å². The van der Waals surface area contributed by atoms with Crippen molar-refractivity contribution in [3.63, 3.8) is 0 Å². The van der Waals surface area contributed by atoms with Crippen LogP contribution in [0.3, 0.4) is 0 Å². The molecule has 4 heterocycles. The molecule has 180 valence electrons. The predicted octanol–water partition coefficient (Wildman–Crippen LogP) is 3.85. The first-order valence-electron chi connectivity index (χ1n) is 13.0. The summed E-state index contributed by atoms with van der Waals surface area (Å²) in [7, 11) is -0.331. The molecule has 3 saturated heterocycles. The maximum atomic E-state index is 13.6. The van der Waals surface area contributed by atoms with Crippen molar-refractivity contribution in [1.82, 2.24) is 9.80 Å². The van der Waals surface area contributed by atoms with E-state index in [0.717, 1.165) is 44.6 Å². The highest BCUT2D eigenvalue weighted by Gasteiger charge is 2.56. The van der Waals surface area contributed by atoms with Crippen LogP contribution in [0, 0.1) is 5.41 Å². The summed E-state index contributed by atoms with van der Waals surface area (Å²) in [5.74, 6) is 0.271. The molecule has 0 unspecified atom stereocenters. The van der Waals surface area contributed by atoms with Crippen molar-refractivity contribution in [2.45, 2.75) is 115 Å². The Morgan fingerprint density at radius 2 is 1.48 bits per heavy atom. The van der Waals surface area contributed by atoms with Crippen LogP contribution in [0.25, 0.3) is 0 Å². The van der Waals surface area contributed by atoms with Crippen LogP contribution in [0.5, 0.6) is 0 Å². The first kappa shape index (κ1) is 22.3. The lowest BCUT2D eigenvalue weighted by Gasteiger charge is -2.50. The summed E-state index contributed by atoms with van der Waals surface area (Å²) in [6, 6.07) is 2.05. The van der Waals surface area contributed by atoms with Gasteiger partial charge in [0.05, 0.1) is 29.8 Å². The van der Waals surface area contributed by atoms with Gasteiger partial charge in [-0.3, -0.25) is 9.69 Å². The number of amides is 1. The minimum Gasteiger partial charge on any atom is -0.400 e. The number of hydrogen-bond donors (Lipinski definition) is 0. The number of rotatable bonds is 3. The van der Waals surface area contributed by atoms with Crippen LogP contribution in [0.2, 0.25) is 0 Å². The average Bonchev–Trinajstić information content (AvgIpc) is 3.16. The van der Waals surface area contributed by atoms with Crippen molar-refractivity contribution in [2.75, 3.05) is 13.2 Å². The zero-order chi connectivity index (χ0) is 23.3. The summed E-state index contributed by atoms with van der Waals surface area (Å²) in [6.07, 6.45) is 8.71. The lowest BCUT2D eigenvalue weighted by Crippen LogP contribution is -2.60. The number of nitrogens with zero attached hydrogens (tertiary/aromatic N) is 2. The molecular formula is C26H39BN2O4. The molecule has 0 spiro atoms. The van der Waals surface area contributed by atoms with Crippen LogP contribution in [-0.4, -0.2) is 71.4 Å². The summed E-state index contributed by atoms with van der Waals surface area (Å²) in [5, 5.41) is 0. The van der Waals surface area contributed by atoms with Crippen LogP contribution >= 0.6 is 0 Å². The molecule has 2 atom stereocenters. The van der Waals surface area contributed by atoms with E-state index in [0.29, 0.717) is 24.2 Å². The topological polar surface area (TPSA) is 51.2 Å². The van der Waals surface area contributed by atoms with E-state index in [1.807, 2.05) is 0 Å². The van der Waals surface area contributed by atoms with Crippen LogP contribution < -0.4 is 0 Å². The van der Waals surface area contributed by atoms with Gasteiger partial charge >= 0.3 is 7.12 Å². The Hall–Kier alpha value is -1.15. The smallest absolute Gasteiger partial charge is 0.400 e. The fourth-order valence-corrected chi connectivity index (χ4v) is 6.93. The van der Waals surface area contributed by atoms with Crippen molar-refractivity contribution in [2.24, 2.45) is 5.41 Å². The zero-order valence-corrected chi connectivity index (χ0v) is 21.1. The Labute approximate surface area is 198 Å². The Balaban J connectivity index is 1.23. The largest absolute Gasteiger partial charge is 0.490 e. The number of allylic oxidation sites excluding steroid dienone is 2. The Morgan fingerprint density at radius 3 is 2.09 bits per heavy atom. The Bertz CT molecular complexity index is 901. The van der Waals surface area contributed by atoms with E-state index in [9.17, 15) is 4.79 Å². The molecule has 6 nitrogen and oxygen atoms in total. The second-order valence-electron chi connectivity index (χ2n) is 12.6. The first-order valence-corrected chi connectivity index (χ1v) is 13.0. The van der Waals surface area contributed by atoms with Gasteiger partial charge in [0.2, 0.25) is 5.91 Å². The maximum absolute atomic E-state index is 13.6. The van der Waals surface area contributed by atoms with E-state index in [2.05, 4.69) is 57.4 Å². The third-order valence-corrected chi connectivity index (χ3v) is 9.79. The van der Waals surface area contributed by atoms with E-state index < -0.39 is 5.41 Å². The summed E-state index contributed by atoms with van der Waals surface area (Å²) >= 11 is 0. The van der Waals surface area contributed by atoms with Gasteiger partial charge in [-0.05, 0) is 97.2 Å². The van der Waals surface area contributed by atoms with E-state index in [-0.39, 0.29) is 24.2 Å². The van der Waals surface area contributed by atoms with Crippen molar-refractivity contribution in [3.05, 3.63) is 22.8 Å². The van der Waals surface area contributed by atoms with Gasteiger partial charge in [-0.2, -0.15) is 0 Å². The summed E-state index contributed by atoms with van der Waals surface area (Å²) < 4.78 is 18.5. The first-order chi connectivity index (χ1) is 15.5.